The van der Waals surface area contributed by atoms with Crippen LogP contribution in [-0.2, 0) is 6.54 Å². The van der Waals surface area contributed by atoms with Gasteiger partial charge in [0.05, 0.1) is 11.0 Å². The maximum atomic E-state index is 13.3. The van der Waals surface area contributed by atoms with Crippen molar-refractivity contribution in [2.45, 2.75) is 13.5 Å². The monoisotopic (exact) mass is 289 g/mol. The standard InChI is InChI=1S/C15H13ClFN3/c1-2-20-14-6-4-10(17)8-13(14)19-15(20)11-7-9(16)3-5-12(11)18/h3-8H,2,18H2,1H3. The predicted molar refractivity (Wildman–Crippen MR) is 80.2 cm³/mol. The number of aromatic nitrogens is 2. The molecular weight excluding hydrogens is 277 g/mol. The highest BCUT2D eigenvalue weighted by atomic mass is 35.5. The predicted octanol–water partition coefficient (Wildman–Crippen LogP) is 4.10. The van der Waals surface area contributed by atoms with E-state index < -0.39 is 0 Å². The van der Waals surface area contributed by atoms with Crippen molar-refractivity contribution in [1.82, 2.24) is 9.55 Å². The third-order valence-corrected chi connectivity index (χ3v) is 3.52. The fourth-order valence-electron chi connectivity index (χ4n) is 2.35. The van der Waals surface area contributed by atoms with Crippen LogP contribution in [0.3, 0.4) is 0 Å². The number of hydrogen-bond donors (Lipinski definition) is 1. The van der Waals surface area contributed by atoms with Crippen LogP contribution in [-0.4, -0.2) is 9.55 Å². The molecule has 3 aromatic rings. The zero-order valence-corrected chi connectivity index (χ0v) is 11.7. The summed E-state index contributed by atoms with van der Waals surface area (Å²) in [5.41, 5.74) is 8.86. The minimum absolute atomic E-state index is 0.302. The van der Waals surface area contributed by atoms with Crippen LogP contribution >= 0.6 is 11.6 Å². The van der Waals surface area contributed by atoms with Gasteiger partial charge in [-0.15, -0.1) is 0 Å². The number of anilines is 1. The summed E-state index contributed by atoms with van der Waals surface area (Å²) < 4.78 is 15.3. The smallest absolute Gasteiger partial charge is 0.143 e. The highest BCUT2D eigenvalue weighted by Crippen LogP contribution is 2.31. The number of nitrogens with two attached hydrogens (primary N) is 1. The maximum Gasteiger partial charge on any atom is 0.143 e. The Kier molecular flexibility index (Phi) is 3.10. The average Bonchev–Trinajstić information content (AvgIpc) is 2.78. The van der Waals surface area contributed by atoms with Crippen LogP contribution in [0, 0.1) is 5.82 Å². The number of nitrogens with zero attached hydrogens (tertiary/aromatic N) is 2. The number of halogens is 2. The first-order valence-electron chi connectivity index (χ1n) is 6.31. The molecule has 0 aliphatic heterocycles. The SMILES string of the molecule is CCn1c(-c2cc(Cl)ccc2N)nc2cc(F)ccc21. The second-order valence-electron chi connectivity index (χ2n) is 4.54. The van der Waals surface area contributed by atoms with Crippen molar-refractivity contribution in [3.05, 3.63) is 47.2 Å². The second-order valence-corrected chi connectivity index (χ2v) is 4.98. The molecule has 2 aromatic carbocycles. The van der Waals surface area contributed by atoms with Crippen LogP contribution in [0.5, 0.6) is 0 Å². The molecule has 1 heterocycles. The van der Waals surface area contributed by atoms with Gasteiger partial charge in [0, 0.05) is 28.9 Å². The molecule has 3 nitrogen and oxygen atoms in total. The van der Waals surface area contributed by atoms with E-state index in [-0.39, 0.29) is 5.82 Å². The summed E-state index contributed by atoms with van der Waals surface area (Å²) in [4.78, 5) is 4.50. The van der Waals surface area contributed by atoms with Gasteiger partial charge in [-0.05, 0) is 37.3 Å². The number of fused-ring (bicyclic) bond motifs is 1. The highest BCUT2D eigenvalue weighted by Gasteiger charge is 2.14. The molecule has 0 unspecified atom stereocenters. The van der Waals surface area contributed by atoms with Crippen LogP contribution in [0.25, 0.3) is 22.4 Å². The normalized spacial score (nSPS) is 11.2. The van der Waals surface area contributed by atoms with Crippen LogP contribution in [0.15, 0.2) is 36.4 Å². The van der Waals surface area contributed by atoms with E-state index in [1.807, 2.05) is 11.5 Å². The van der Waals surface area contributed by atoms with E-state index in [1.54, 1.807) is 24.3 Å². The molecule has 20 heavy (non-hydrogen) atoms. The maximum absolute atomic E-state index is 13.3. The van der Waals surface area contributed by atoms with Gasteiger partial charge in [-0.2, -0.15) is 0 Å². The zero-order valence-electron chi connectivity index (χ0n) is 10.9. The molecule has 0 bridgehead atoms. The number of benzene rings is 2. The van der Waals surface area contributed by atoms with Crippen molar-refractivity contribution < 1.29 is 4.39 Å². The first-order valence-corrected chi connectivity index (χ1v) is 6.69. The van der Waals surface area contributed by atoms with E-state index in [2.05, 4.69) is 4.98 Å². The van der Waals surface area contributed by atoms with Crippen molar-refractivity contribution in [1.29, 1.82) is 0 Å². The van der Waals surface area contributed by atoms with Crippen molar-refractivity contribution in [3.8, 4) is 11.4 Å². The molecule has 0 saturated heterocycles. The summed E-state index contributed by atoms with van der Waals surface area (Å²) >= 11 is 6.03. The molecule has 2 N–H and O–H groups in total. The summed E-state index contributed by atoms with van der Waals surface area (Å²) in [7, 11) is 0. The largest absolute Gasteiger partial charge is 0.398 e. The van der Waals surface area contributed by atoms with E-state index in [0.29, 0.717) is 28.6 Å². The molecule has 0 radical (unpaired) electrons. The Balaban J connectivity index is 2.32. The van der Waals surface area contributed by atoms with E-state index in [4.69, 9.17) is 17.3 Å². The van der Waals surface area contributed by atoms with Gasteiger partial charge in [0.2, 0.25) is 0 Å². The average molecular weight is 290 g/mol. The molecule has 5 heteroatoms. The summed E-state index contributed by atoms with van der Waals surface area (Å²) in [6.45, 7) is 2.72. The fraction of sp³-hybridized carbons (Fsp3) is 0.133. The quantitative estimate of drug-likeness (QED) is 0.722. The lowest BCUT2D eigenvalue weighted by Gasteiger charge is -2.08. The molecule has 3 rings (SSSR count). The molecule has 0 aliphatic carbocycles. The van der Waals surface area contributed by atoms with E-state index >= 15 is 0 Å². The lowest BCUT2D eigenvalue weighted by molar-refractivity contribution is 0.629. The molecular formula is C15H13ClFN3. The van der Waals surface area contributed by atoms with E-state index in [9.17, 15) is 4.39 Å². The van der Waals surface area contributed by atoms with E-state index in [1.165, 1.54) is 12.1 Å². The fourth-order valence-corrected chi connectivity index (χ4v) is 2.52. The van der Waals surface area contributed by atoms with Crippen molar-refractivity contribution in [3.63, 3.8) is 0 Å². The first kappa shape index (κ1) is 12.9. The summed E-state index contributed by atoms with van der Waals surface area (Å²) in [6, 6.07) is 9.84. The Morgan fingerprint density at radius 2 is 2.05 bits per heavy atom. The Bertz CT molecular complexity index is 795. The number of hydrogen-bond acceptors (Lipinski definition) is 2. The van der Waals surface area contributed by atoms with Gasteiger partial charge in [-0.1, -0.05) is 11.6 Å². The molecule has 0 spiro atoms. The van der Waals surface area contributed by atoms with Crippen LogP contribution < -0.4 is 5.73 Å². The Morgan fingerprint density at radius 1 is 1.25 bits per heavy atom. The highest BCUT2D eigenvalue weighted by molar-refractivity contribution is 6.31. The zero-order chi connectivity index (χ0) is 14.3. The molecule has 1 aromatic heterocycles. The molecule has 0 atom stereocenters. The van der Waals surface area contributed by atoms with E-state index in [0.717, 1.165) is 11.1 Å². The second kappa shape index (κ2) is 4.80. The van der Waals surface area contributed by atoms with Gasteiger partial charge >= 0.3 is 0 Å². The van der Waals surface area contributed by atoms with Gasteiger partial charge in [0.15, 0.2) is 0 Å². The number of rotatable bonds is 2. The number of imidazole rings is 1. The van der Waals surface area contributed by atoms with Crippen LogP contribution in [0.2, 0.25) is 5.02 Å². The lowest BCUT2D eigenvalue weighted by Crippen LogP contribution is -2.00. The van der Waals surface area contributed by atoms with Gasteiger partial charge in [0.1, 0.15) is 11.6 Å². The first-order chi connectivity index (χ1) is 9.60. The molecule has 0 fully saturated rings. The summed E-state index contributed by atoms with van der Waals surface area (Å²) in [5.74, 6) is 0.400. The van der Waals surface area contributed by atoms with Crippen LogP contribution in [0.1, 0.15) is 6.92 Å². The van der Waals surface area contributed by atoms with Crippen molar-refractivity contribution in [2.75, 3.05) is 5.73 Å². The van der Waals surface area contributed by atoms with Gasteiger partial charge in [0.25, 0.3) is 0 Å². The third kappa shape index (κ3) is 2.02. The van der Waals surface area contributed by atoms with Gasteiger partial charge < -0.3 is 10.3 Å². The molecule has 102 valence electrons. The Morgan fingerprint density at radius 3 is 2.80 bits per heavy atom. The molecule has 0 amide bonds. The topological polar surface area (TPSA) is 43.8 Å². The minimum atomic E-state index is -0.302. The number of nitrogen functional groups attached to an aromatic ring is 1. The van der Waals surface area contributed by atoms with Crippen molar-refractivity contribution in [2.24, 2.45) is 0 Å². The third-order valence-electron chi connectivity index (χ3n) is 3.28. The molecule has 0 aliphatic rings. The minimum Gasteiger partial charge on any atom is -0.398 e. The van der Waals surface area contributed by atoms with Gasteiger partial charge in [-0.25, -0.2) is 9.37 Å². The van der Waals surface area contributed by atoms with Crippen molar-refractivity contribution >= 4 is 28.3 Å². The summed E-state index contributed by atoms with van der Waals surface area (Å²) in [5, 5.41) is 0.593. The van der Waals surface area contributed by atoms with Gasteiger partial charge in [-0.3, -0.25) is 0 Å². The summed E-state index contributed by atoms with van der Waals surface area (Å²) in [6.07, 6.45) is 0. The van der Waals surface area contributed by atoms with Crippen LogP contribution in [0.4, 0.5) is 10.1 Å². The Labute approximate surface area is 120 Å². The lowest BCUT2D eigenvalue weighted by atomic mass is 10.1. The molecule has 0 saturated carbocycles. The Hall–Kier alpha value is -2.07. The number of aryl methyl sites for hydroxylation is 1.